The second kappa shape index (κ2) is 7.30. The lowest BCUT2D eigenvalue weighted by atomic mass is 10.0. The minimum absolute atomic E-state index is 0.0357. The molecular formula is C15H20Cl2N2O. The molecule has 2 rings (SSSR count). The van der Waals surface area contributed by atoms with Crippen molar-refractivity contribution < 1.29 is 4.79 Å². The molecule has 1 aromatic rings. The molecule has 0 saturated carbocycles. The summed E-state index contributed by atoms with van der Waals surface area (Å²) in [6, 6.07) is 5.48. The van der Waals surface area contributed by atoms with Gasteiger partial charge in [0.1, 0.15) is 0 Å². The summed E-state index contributed by atoms with van der Waals surface area (Å²) in [5.41, 5.74) is 1.01. The van der Waals surface area contributed by atoms with Crippen LogP contribution in [0.25, 0.3) is 0 Å². The van der Waals surface area contributed by atoms with E-state index in [1.165, 1.54) is 0 Å². The van der Waals surface area contributed by atoms with Crippen molar-refractivity contribution in [1.82, 2.24) is 10.2 Å². The van der Waals surface area contributed by atoms with E-state index in [2.05, 4.69) is 5.32 Å². The number of hydrogen-bond donors (Lipinski definition) is 1. The normalized spacial score (nSPS) is 18.9. The minimum atomic E-state index is -0.0357. The summed E-state index contributed by atoms with van der Waals surface area (Å²) in [6.07, 6.45) is 3.20. The number of carbonyl (C=O) groups is 1. The fourth-order valence-electron chi connectivity index (χ4n) is 2.49. The average molecular weight is 315 g/mol. The van der Waals surface area contributed by atoms with E-state index in [-0.39, 0.29) is 11.9 Å². The highest BCUT2D eigenvalue weighted by Gasteiger charge is 2.24. The van der Waals surface area contributed by atoms with Gasteiger partial charge in [-0.3, -0.25) is 4.79 Å². The van der Waals surface area contributed by atoms with E-state index in [9.17, 15) is 4.79 Å². The molecule has 1 aliphatic heterocycles. The van der Waals surface area contributed by atoms with Crippen LogP contribution in [0.5, 0.6) is 0 Å². The average Bonchev–Trinajstić information content (AvgIpc) is 2.48. The lowest BCUT2D eigenvalue weighted by Crippen LogP contribution is -2.48. The first-order valence-electron chi connectivity index (χ1n) is 7.08. The Kier molecular flexibility index (Phi) is 5.70. The molecule has 0 spiro atoms. The topological polar surface area (TPSA) is 32.3 Å². The maximum atomic E-state index is 12.5. The van der Waals surface area contributed by atoms with Crippen LogP contribution in [0.1, 0.15) is 31.7 Å². The Balaban J connectivity index is 2.03. The van der Waals surface area contributed by atoms with Crippen LogP contribution in [-0.4, -0.2) is 29.9 Å². The van der Waals surface area contributed by atoms with E-state index >= 15 is 0 Å². The smallest absolute Gasteiger partial charge is 0.239 e. The van der Waals surface area contributed by atoms with Crippen molar-refractivity contribution in [2.45, 2.75) is 38.8 Å². The second-order valence-electron chi connectivity index (χ2n) is 5.10. The molecular weight excluding hydrogens is 295 g/mol. The molecule has 0 radical (unpaired) electrons. The third kappa shape index (κ3) is 3.87. The van der Waals surface area contributed by atoms with Gasteiger partial charge in [0.25, 0.3) is 0 Å². The fraction of sp³-hybridized carbons (Fsp3) is 0.533. The van der Waals surface area contributed by atoms with Gasteiger partial charge in [-0.15, -0.1) is 0 Å². The summed E-state index contributed by atoms with van der Waals surface area (Å²) in [6.45, 7) is 4.20. The number of piperidine rings is 1. The molecule has 1 fully saturated rings. The number of amides is 1. The number of halogens is 2. The first-order valence-corrected chi connectivity index (χ1v) is 7.83. The minimum Gasteiger partial charge on any atom is -0.337 e. The highest BCUT2D eigenvalue weighted by atomic mass is 35.5. The Bertz CT molecular complexity index is 473. The van der Waals surface area contributed by atoms with E-state index in [1.807, 2.05) is 24.0 Å². The van der Waals surface area contributed by atoms with E-state index in [1.54, 1.807) is 6.07 Å². The van der Waals surface area contributed by atoms with Crippen molar-refractivity contribution >= 4 is 29.1 Å². The maximum absolute atomic E-state index is 12.5. The van der Waals surface area contributed by atoms with Crippen molar-refractivity contribution in [2.24, 2.45) is 0 Å². The predicted molar refractivity (Wildman–Crippen MR) is 83.2 cm³/mol. The third-order valence-corrected chi connectivity index (χ3v) is 4.40. The van der Waals surface area contributed by atoms with E-state index in [0.29, 0.717) is 23.1 Å². The molecule has 1 unspecified atom stereocenters. The van der Waals surface area contributed by atoms with Crippen molar-refractivity contribution in [3.63, 3.8) is 0 Å². The highest BCUT2D eigenvalue weighted by Crippen LogP contribution is 2.23. The molecule has 20 heavy (non-hydrogen) atoms. The third-order valence-electron chi connectivity index (χ3n) is 3.66. The standard InChI is InChI=1S/C15H20Cl2N2O/c1-2-19(15(20)14-5-3-4-8-18-14)10-11-6-7-12(16)13(17)9-11/h6-7,9,14,18H,2-5,8,10H2,1H3. The van der Waals surface area contributed by atoms with Gasteiger partial charge < -0.3 is 10.2 Å². The molecule has 1 aliphatic rings. The number of carbonyl (C=O) groups excluding carboxylic acids is 1. The number of benzene rings is 1. The van der Waals surface area contributed by atoms with Gasteiger partial charge in [0.05, 0.1) is 16.1 Å². The van der Waals surface area contributed by atoms with Crippen molar-refractivity contribution in [3.05, 3.63) is 33.8 Å². The van der Waals surface area contributed by atoms with Gasteiger partial charge in [0, 0.05) is 13.1 Å². The van der Waals surface area contributed by atoms with Crippen molar-refractivity contribution in [3.8, 4) is 0 Å². The van der Waals surface area contributed by atoms with Crippen LogP contribution in [0.15, 0.2) is 18.2 Å². The van der Waals surface area contributed by atoms with Crippen LogP contribution in [0.4, 0.5) is 0 Å². The molecule has 0 aliphatic carbocycles. The summed E-state index contributed by atoms with van der Waals surface area (Å²) >= 11 is 11.9. The Hall–Kier alpha value is -0.770. The molecule has 1 saturated heterocycles. The Morgan fingerprint density at radius 1 is 1.35 bits per heavy atom. The largest absolute Gasteiger partial charge is 0.337 e. The van der Waals surface area contributed by atoms with Crippen LogP contribution in [0, 0.1) is 0 Å². The van der Waals surface area contributed by atoms with E-state index in [0.717, 1.165) is 31.4 Å². The second-order valence-corrected chi connectivity index (χ2v) is 5.92. The Labute approximate surface area is 130 Å². The first-order chi connectivity index (χ1) is 9.61. The number of rotatable bonds is 4. The van der Waals surface area contributed by atoms with Crippen LogP contribution < -0.4 is 5.32 Å². The van der Waals surface area contributed by atoms with Gasteiger partial charge in [-0.05, 0) is 44.0 Å². The number of nitrogens with one attached hydrogen (secondary N) is 1. The molecule has 1 heterocycles. The molecule has 1 N–H and O–H groups in total. The summed E-state index contributed by atoms with van der Waals surface area (Å²) in [5, 5.41) is 4.37. The number of likely N-dealkylation sites (N-methyl/N-ethyl adjacent to an activating group) is 1. The number of nitrogens with zero attached hydrogens (tertiary/aromatic N) is 1. The SMILES string of the molecule is CCN(Cc1ccc(Cl)c(Cl)c1)C(=O)C1CCCCN1. The zero-order chi connectivity index (χ0) is 14.5. The zero-order valence-corrected chi connectivity index (χ0v) is 13.2. The van der Waals surface area contributed by atoms with Gasteiger partial charge >= 0.3 is 0 Å². The fourth-order valence-corrected chi connectivity index (χ4v) is 2.81. The van der Waals surface area contributed by atoms with Gasteiger partial charge in [-0.25, -0.2) is 0 Å². The lowest BCUT2D eigenvalue weighted by molar-refractivity contribution is -0.134. The van der Waals surface area contributed by atoms with Crippen LogP contribution in [0.3, 0.4) is 0 Å². The first kappa shape index (κ1) is 15.6. The Morgan fingerprint density at radius 2 is 2.15 bits per heavy atom. The van der Waals surface area contributed by atoms with Crippen molar-refractivity contribution in [1.29, 1.82) is 0 Å². The quantitative estimate of drug-likeness (QED) is 0.922. The van der Waals surface area contributed by atoms with E-state index < -0.39 is 0 Å². The molecule has 1 aromatic carbocycles. The lowest BCUT2D eigenvalue weighted by Gasteiger charge is -2.29. The monoisotopic (exact) mass is 314 g/mol. The summed E-state index contributed by atoms with van der Waals surface area (Å²) in [5.74, 6) is 0.179. The van der Waals surface area contributed by atoms with Gasteiger partial charge in [-0.1, -0.05) is 35.7 Å². The van der Waals surface area contributed by atoms with Crippen LogP contribution in [-0.2, 0) is 11.3 Å². The summed E-state index contributed by atoms with van der Waals surface area (Å²) in [4.78, 5) is 14.4. The zero-order valence-electron chi connectivity index (χ0n) is 11.7. The van der Waals surface area contributed by atoms with Crippen molar-refractivity contribution in [2.75, 3.05) is 13.1 Å². The molecule has 0 aromatic heterocycles. The maximum Gasteiger partial charge on any atom is 0.239 e. The molecule has 0 bridgehead atoms. The predicted octanol–water partition coefficient (Wildman–Crippen LogP) is 3.48. The van der Waals surface area contributed by atoms with E-state index in [4.69, 9.17) is 23.2 Å². The van der Waals surface area contributed by atoms with Gasteiger partial charge in [0.2, 0.25) is 5.91 Å². The van der Waals surface area contributed by atoms with Crippen LogP contribution >= 0.6 is 23.2 Å². The molecule has 1 atom stereocenters. The molecule has 3 nitrogen and oxygen atoms in total. The van der Waals surface area contributed by atoms with Gasteiger partial charge in [0.15, 0.2) is 0 Å². The highest BCUT2D eigenvalue weighted by molar-refractivity contribution is 6.42. The molecule has 1 amide bonds. The summed E-state index contributed by atoms with van der Waals surface area (Å²) < 4.78 is 0. The summed E-state index contributed by atoms with van der Waals surface area (Å²) in [7, 11) is 0. The molecule has 5 heteroatoms. The van der Waals surface area contributed by atoms with Gasteiger partial charge in [-0.2, -0.15) is 0 Å². The molecule has 110 valence electrons. The van der Waals surface area contributed by atoms with Crippen LogP contribution in [0.2, 0.25) is 10.0 Å². The number of hydrogen-bond acceptors (Lipinski definition) is 2. The Morgan fingerprint density at radius 3 is 2.75 bits per heavy atom.